The summed E-state index contributed by atoms with van der Waals surface area (Å²) >= 11 is 0. The Hall–Kier alpha value is -3.76. The molecule has 5 rings (SSSR count). The van der Waals surface area contributed by atoms with Crippen LogP contribution < -0.4 is 15.4 Å². The second-order valence-electron chi connectivity index (χ2n) is 7.93. The Bertz CT molecular complexity index is 1340. The van der Waals surface area contributed by atoms with Gasteiger partial charge in [-0.25, -0.2) is 14.4 Å². The van der Waals surface area contributed by atoms with E-state index in [-0.39, 0.29) is 11.6 Å². The van der Waals surface area contributed by atoms with Crippen LogP contribution in [0.25, 0.3) is 16.6 Å². The number of carbonyl (C=O) groups is 1. The molecular formula is C24H25FN6O3. The van der Waals surface area contributed by atoms with E-state index >= 15 is 0 Å². The number of imidazole rings is 1. The Balaban J connectivity index is 1.43. The topological polar surface area (TPSA) is 93.0 Å². The zero-order valence-electron chi connectivity index (χ0n) is 18.8. The SMILES string of the molecule is CNC(=O)c1cccc2c1nc(Nc1cc(OCCN3CCOCC3)ccc1F)c1cncn12. The molecule has 176 valence electrons. The molecule has 4 aromatic rings. The first kappa shape index (κ1) is 22.1. The number of halogens is 1. The molecule has 0 atom stereocenters. The third-order valence-corrected chi connectivity index (χ3v) is 5.82. The first-order valence-corrected chi connectivity index (χ1v) is 11.1. The van der Waals surface area contributed by atoms with Crippen molar-refractivity contribution >= 4 is 34.0 Å². The van der Waals surface area contributed by atoms with Gasteiger partial charge < -0.3 is 20.1 Å². The van der Waals surface area contributed by atoms with E-state index in [1.54, 1.807) is 43.8 Å². The standard InChI is InChI=1S/C24H25FN6O3/c1-26-24(32)17-3-2-4-20-22(17)29-23(21-14-27-15-31(20)21)28-19-13-16(5-6-18(19)25)34-12-9-30-7-10-33-11-8-30/h2-6,13-15H,7-12H2,1H3,(H,26,32)(H,28,29). The lowest BCUT2D eigenvalue weighted by Gasteiger charge is -2.26. The highest BCUT2D eigenvalue weighted by atomic mass is 19.1. The van der Waals surface area contributed by atoms with Gasteiger partial charge in [-0.1, -0.05) is 6.07 Å². The second-order valence-corrected chi connectivity index (χ2v) is 7.93. The van der Waals surface area contributed by atoms with E-state index in [0.29, 0.717) is 34.8 Å². The Labute approximate surface area is 195 Å². The monoisotopic (exact) mass is 464 g/mol. The number of ether oxygens (including phenoxy) is 2. The summed E-state index contributed by atoms with van der Waals surface area (Å²) in [6.07, 6.45) is 3.28. The molecule has 1 saturated heterocycles. The molecule has 1 aliphatic heterocycles. The molecule has 0 aliphatic carbocycles. The van der Waals surface area contributed by atoms with Gasteiger partial charge in [0, 0.05) is 32.7 Å². The van der Waals surface area contributed by atoms with E-state index in [4.69, 9.17) is 9.47 Å². The van der Waals surface area contributed by atoms with E-state index in [9.17, 15) is 9.18 Å². The first-order valence-electron chi connectivity index (χ1n) is 11.1. The number of benzene rings is 2. The third kappa shape index (κ3) is 4.37. The maximum Gasteiger partial charge on any atom is 0.253 e. The van der Waals surface area contributed by atoms with Crippen molar-refractivity contribution in [1.82, 2.24) is 24.6 Å². The largest absolute Gasteiger partial charge is 0.492 e. The van der Waals surface area contributed by atoms with Crippen LogP contribution in [-0.2, 0) is 4.74 Å². The van der Waals surface area contributed by atoms with Crippen LogP contribution in [0.4, 0.5) is 15.9 Å². The predicted octanol–water partition coefficient (Wildman–Crippen LogP) is 2.84. The number of hydrogen-bond acceptors (Lipinski definition) is 7. The molecule has 9 nitrogen and oxygen atoms in total. The molecule has 2 N–H and O–H groups in total. The van der Waals surface area contributed by atoms with Crippen molar-refractivity contribution in [1.29, 1.82) is 0 Å². The van der Waals surface area contributed by atoms with E-state index < -0.39 is 5.82 Å². The number of rotatable bonds is 7. The summed E-state index contributed by atoms with van der Waals surface area (Å²) in [6, 6.07) is 9.92. The van der Waals surface area contributed by atoms with Gasteiger partial charge in [0.25, 0.3) is 5.91 Å². The summed E-state index contributed by atoms with van der Waals surface area (Å²) in [7, 11) is 1.57. The van der Waals surface area contributed by atoms with Crippen molar-refractivity contribution in [3.8, 4) is 5.75 Å². The van der Waals surface area contributed by atoms with Gasteiger partial charge in [-0.15, -0.1) is 0 Å². The summed E-state index contributed by atoms with van der Waals surface area (Å²) < 4.78 is 27.8. The third-order valence-electron chi connectivity index (χ3n) is 5.82. The molecule has 0 saturated carbocycles. The van der Waals surface area contributed by atoms with Gasteiger partial charge in [0.1, 0.15) is 29.2 Å². The number of aromatic nitrogens is 3. The van der Waals surface area contributed by atoms with Gasteiger partial charge in [-0.2, -0.15) is 0 Å². The van der Waals surface area contributed by atoms with Crippen LogP contribution in [0, 0.1) is 5.82 Å². The molecule has 0 radical (unpaired) electrons. The zero-order valence-corrected chi connectivity index (χ0v) is 18.8. The van der Waals surface area contributed by atoms with Gasteiger partial charge in [0.2, 0.25) is 0 Å². The van der Waals surface area contributed by atoms with E-state index in [2.05, 4.69) is 25.5 Å². The van der Waals surface area contributed by atoms with Crippen LogP contribution in [0.1, 0.15) is 10.4 Å². The number of nitrogens with zero attached hydrogens (tertiary/aromatic N) is 4. The molecule has 0 spiro atoms. The molecule has 0 unspecified atom stereocenters. The molecule has 1 fully saturated rings. The minimum Gasteiger partial charge on any atom is -0.492 e. The van der Waals surface area contributed by atoms with Gasteiger partial charge in [0.05, 0.1) is 42.5 Å². The molecule has 2 aromatic heterocycles. The number of hydrogen-bond donors (Lipinski definition) is 2. The van der Waals surface area contributed by atoms with Crippen LogP contribution in [0.3, 0.4) is 0 Å². The average molecular weight is 465 g/mol. The molecule has 10 heteroatoms. The van der Waals surface area contributed by atoms with Crippen molar-refractivity contribution < 1.29 is 18.7 Å². The Morgan fingerprint density at radius 1 is 1.21 bits per heavy atom. The number of amides is 1. The Morgan fingerprint density at radius 3 is 2.88 bits per heavy atom. The fraction of sp³-hybridized carbons (Fsp3) is 0.292. The lowest BCUT2D eigenvalue weighted by atomic mass is 10.1. The van der Waals surface area contributed by atoms with Crippen LogP contribution in [0.5, 0.6) is 5.75 Å². The Kier molecular flexibility index (Phi) is 6.24. The van der Waals surface area contributed by atoms with Crippen molar-refractivity contribution in [3.05, 3.63) is 60.3 Å². The number of fused-ring (bicyclic) bond motifs is 3. The smallest absolute Gasteiger partial charge is 0.253 e. The van der Waals surface area contributed by atoms with Crippen molar-refractivity contribution in [2.45, 2.75) is 0 Å². The fourth-order valence-electron chi connectivity index (χ4n) is 4.02. The van der Waals surface area contributed by atoms with Crippen molar-refractivity contribution in [2.24, 2.45) is 0 Å². The summed E-state index contributed by atoms with van der Waals surface area (Å²) in [6.45, 7) is 4.48. The molecule has 0 bridgehead atoms. The number of para-hydroxylation sites is 1. The van der Waals surface area contributed by atoms with Crippen LogP contribution in [0.2, 0.25) is 0 Å². The van der Waals surface area contributed by atoms with E-state index in [0.717, 1.165) is 38.4 Å². The highest BCUT2D eigenvalue weighted by Gasteiger charge is 2.17. The highest BCUT2D eigenvalue weighted by molar-refractivity contribution is 6.05. The molecular weight excluding hydrogens is 439 g/mol. The lowest BCUT2D eigenvalue weighted by molar-refractivity contribution is 0.0322. The van der Waals surface area contributed by atoms with Gasteiger partial charge in [0.15, 0.2) is 5.82 Å². The minimum atomic E-state index is -0.445. The highest BCUT2D eigenvalue weighted by Crippen LogP contribution is 2.29. The molecule has 34 heavy (non-hydrogen) atoms. The van der Waals surface area contributed by atoms with E-state index in [1.807, 2.05) is 10.5 Å². The number of carbonyl (C=O) groups excluding carboxylic acids is 1. The average Bonchev–Trinajstić information content (AvgIpc) is 3.37. The summed E-state index contributed by atoms with van der Waals surface area (Å²) in [5.74, 6) is 0.226. The van der Waals surface area contributed by atoms with Crippen molar-refractivity contribution in [3.63, 3.8) is 0 Å². The second kappa shape index (κ2) is 9.62. The molecule has 1 aliphatic rings. The lowest BCUT2D eigenvalue weighted by Crippen LogP contribution is -2.38. The minimum absolute atomic E-state index is 0.219. The normalized spacial score (nSPS) is 14.4. The van der Waals surface area contributed by atoms with Gasteiger partial charge in [-0.05, 0) is 24.3 Å². The van der Waals surface area contributed by atoms with Gasteiger partial charge >= 0.3 is 0 Å². The molecule has 1 amide bonds. The molecule has 2 aromatic carbocycles. The van der Waals surface area contributed by atoms with Crippen LogP contribution >= 0.6 is 0 Å². The van der Waals surface area contributed by atoms with Crippen LogP contribution in [0.15, 0.2) is 48.9 Å². The Morgan fingerprint density at radius 2 is 2.06 bits per heavy atom. The summed E-state index contributed by atoms with van der Waals surface area (Å²) in [4.78, 5) is 23.6. The number of morpholine rings is 1. The van der Waals surface area contributed by atoms with Gasteiger partial charge in [-0.3, -0.25) is 14.1 Å². The number of nitrogens with one attached hydrogen (secondary N) is 2. The van der Waals surface area contributed by atoms with E-state index in [1.165, 1.54) is 6.07 Å². The molecule has 3 heterocycles. The predicted molar refractivity (Wildman–Crippen MR) is 126 cm³/mol. The number of anilines is 2. The maximum absolute atomic E-state index is 14.7. The summed E-state index contributed by atoms with van der Waals surface area (Å²) in [5.41, 5.74) is 2.49. The maximum atomic E-state index is 14.7. The fourth-order valence-corrected chi connectivity index (χ4v) is 4.02. The van der Waals surface area contributed by atoms with Crippen molar-refractivity contribution in [2.75, 3.05) is 51.8 Å². The zero-order chi connectivity index (χ0) is 23.5. The van der Waals surface area contributed by atoms with Crippen LogP contribution in [-0.4, -0.2) is 71.7 Å². The summed E-state index contributed by atoms with van der Waals surface area (Å²) in [5, 5.41) is 5.71. The first-order chi connectivity index (χ1) is 16.6. The quantitative estimate of drug-likeness (QED) is 0.435.